The summed E-state index contributed by atoms with van der Waals surface area (Å²) in [6, 6.07) is 31.0. The summed E-state index contributed by atoms with van der Waals surface area (Å²) in [5, 5.41) is 20.9. The molecule has 0 radical (unpaired) electrons. The number of aromatic nitrogens is 1. The molecule has 0 aliphatic carbocycles. The first kappa shape index (κ1) is 40.0. The van der Waals surface area contributed by atoms with Crippen molar-refractivity contribution >= 4 is 40.6 Å². The van der Waals surface area contributed by atoms with Gasteiger partial charge in [0, 0.05) is 29.7 Å². The number of hydrogen-bond acceptors (Lipinski definition) is 6. The Morgan fingerprint density at radius 2 is 1.26 bits per heavy atom. The summed E-state index contributed by atoms with van der Waals surface area (Å²) < 4.78 is 93.5. The molecule has 5 aromatic carbocycles. The molecule has 1 amide bonds. The SMILES string of the molecule is O=C(O)c1ccc(CN2C(=O)/C(=C\c3cc4cc(OCc5ccccc5)ccc4n3Cc3ccc(COc4cc(C(F)(F)F)cc(C(F)(F)F)c4)cc3)SC2O)cc1. The number of halogens is 6. The summed E-state index contributed by atoms with van der Waals surface area (Å²) in [6.45, 7) is 0.381. The zero-order valence-corrected chi connectivity index (χ0v) is 30.9. The lowest BCUT2D eigenvalue weighted by Gasteiger charge is -2.18. The topological polar surface area (TPSA) is 101 Å². The number of fused-ring (bicyclic) bond motifs is 1. The van der Waals surface area contributed by atoms with E-state index < -0.39 is 46.7 Å². The van der Waals surface area contributed by atoms with Crippen LogP contribution < -0.4 is 9.47 Å². The molecule has 0 saturated carbocycles. The van der Waals surface area contributed by atoms with Gasteiger partial charge < -0.3 is 24.3 Å². The molecular weight excluding hydrogens is 787 g/mol. The fourth-order valence-corrected chi connectivity index (χ4v) is 7.23. The minimum Gasteiger partial charge on any atom is -0.489 e. The van der Waals surface area contributed by atoms with Crippen molar-refractivity contribution in [3.63, 3.8) is 0 Å². The van der Waals surface area contributed by atoms with Crippen LogP contribution >= 0.6 is 11.8 Å². The Morgan fingerprint density at radius 1 is 0.690 bits per heavy atom. The van der Waals surface area contributed by atoms with Crippen molar-refractivity contribution in [2.45, 2.75) is 44.2 Å². The maximum absolute atomic E-state index is 13.6. The van der Waals surface area contributed by atoms with Gasteiger partial charge in [-0.15, -0.1) is 0 Å². The van der Waals surface area contributed by atoms with Crippen molar-refractivity contribution in [1.82, 2.24) is 9.47 Å². The van der Waals surface area contributed by atoms with Gasteiger partial charge in [-0.3, -0.25) is 9.69 Å². The number of nitrogens with zero attached hydrogens (tertiary/aromatic N) is 2. The van der Waals surface area contributed by atoms with E-state index in [2.05, 4.69) is 0 Å². The van der Waals surface area contributed by atoms with Crippen LogP contribution in [-0.4, -0.2) is 37.1 Å². The molecule has 15 heteroatoms. The highest BCUT2D eigenvalue weighted by Gasteiger charge is 2.38. The standard InChI is InChI=1S/C43H32F6N2O6S/c44-42(45,46)32-18-33(43(47,48)49)20-36(19-32)57-25-29-8-6-26(7-9-29)22-50-34(16-31-17-35(14-15-37(31)50)56-24-28-4-2-1-3-5-28)21-38-39(52)51(41(55)58-38)23-27-10-12-30(13-11-27)40(53)54/h1-21,41,55H,22-25H2,(H,53,54)/b38-21+. The van der Waals surface area contributed by atoms with Crippen LogP contribution in [0.5, 0.6) is 11.5 Å². The Hall–Kier alpha value is -6.19. The Bertz CT molecular complexity index is 2450. The molecule has 1 aliphatic rings. The third kappa shape index (κ3) is 9.32. The lowest BCUT2D eigenvalue weighted by Crippen LogP contribution is -2.31. The van der Waals surface area contributed by atoms with Gasteiger partial charge in [0.25, 0.3) is 5.91 Å². The van der Waals surface area contributed by atoms with Gasteiger partial charge in [-0.05, 0) is 82.9 Å². The summed E-state index contributed by atoms with van der Waals surface area (Å²) in [5.41, 5.74) is 0.262. The van der Waals surface area contributed by atoms with Crippen molar-refractivity contribution in [3.05, 3.63) is 171 Å². The lowest BCUT2D eigenvalue weighted by atomic mass is 10.1. The van der Waals surface area contributed by atoms with Gasteiger partial charge in [0.05, 0.1) is 21.6 Å². The molecule has 2 heterocycles. The van der Waals surface area contributed by atoms with Crippen LogP contribution in [0.25, 0.3) is 17.0 Å². The van der Waals surface area contributed by atoms with E-state index in [-0.39, 0.29) is 36.2 Å². The van der Waals surface area contributed by atoms with Crippen LogP contribution in [0.1, 0.15) is 49.4 Å². The lowest BCUT2D eigenvalue weighted by molar-refractivity contribution is -0.143. The Morgan fingerprint density at radius 3 is 1.88 bits per heavy atom. The van der Waals surface area contributed by atoms with Gasteiger partial charge in [-0.2, -0.15) is 26.3 Å². The summed E-state index contributed by atoms with van der Waals surface area (Å²) in [7, 11) is 0. The van der Waals surface area contributed by atoms with E-state index in [1.54, 1.807) is 42.5 Å². The van der Waals surface area contributed by atoms with E-state index in [4.69, 9.17) is 9.47 Å². The van der Waals surface area contributed by atoms with Crippen LogP contribution in [0.2, 0.25) is 0 Å². The van der Waals surface area contributed by atoms with Crippen molar-refractivity contribution in [3.8, 4) is 11.5 Å². The number of hydrogen-bond donors (Lipinski definition) is 2. The molecule has 1 atom stereocenters. The number of rotatable bonds is 12. The summed E-state index contributed by atoms with van der Waals surface area (Å²) >= 11 is 0.970. The number of ether oxygens (including phenoxy) is 2. The Labute approximate surface area is 331 Å². The molecule has 1 fully saturated rings. The second kappa shape index (κ2) is 16.3. The van der Waals surface area contributed by atoms with Gasteiger partial charge in [-0.1, -0.05) is 78.5 Å². The molecule has 2 N–H and O–H groups in total. The van der Waals surface area contributed by atoms with E-state index >= 15 is 0 Å². The highest BCUT2D eigenvalue weighted by Crippen LogP contribution is 2.39. The monoisotopic (exact) mass is 818 g/mol. The van der Waals surface area contributed by atoms with Crippen molar-refractivity contribution in [1.29, 1.82) is 0 Å². The highest BCUT2D eigenvalue weighted by atomic mass is 32.2. The molecule has 1 saturated heterocycles. The molecule has 0 spiro atoms. The smallest absolute Gasteiger partial charge is 0.416 e. The largest absolute Gasteiger partial charge is 0.489 e. The Balaban J connectivity index is 1.14. The van der Waals surface area contributed by atoms with Crippen LogP contribution in [0.15, 0.2) is 126 Å². The quantitative estimate of drug-likeness (QED) is 0.0937. The van der Waals surface area contributed by atoms with E-state index in [9.17, 15) is 46.1 Å². The first-order valence-corrected chi connectivity index (χ1v) is 18.5. The third-order valence-corrected chi connectivity index (χ3v) is 10.3. The first-order valence-electron chi connectivity index (χ1n) is 17.6. The number of carbonyl (C=O) groups excluding carboxylic acids is 1. The van der Waals surface area contributed by atoms with Gasteiger partial charge in [0.1, 0.15) is 24.7 Å². The van der Waals surface area contributed by atoms with Gasteiger partial charge in [0.15, 0.2) is 5.56 Å². The number of alkyl halides is 6. The molecule has 1 aromatic heterocycles. The second-order valence-electron chi connectivity index (χ2n) is 13.4. The average Bonchev–Trinajstić information content (AvgIpc) is 3.66. The molecule has 7 rings (SSSR count). The molecule has 1 unspecified atom stereocenters. The number of aliphatic hydroxyl groups is 1. The molecule has 1 aliphatic heterocycles. The normalized spacial score (nSPS) is 15.4. The highest BCUT2D eigenvalue weighted by molar-refractivity contribution is 8.05. The number of carboxylic acid groups (broad SMARTS) is 1. The average molecular weight is 819 g/mol. The molecule has 298 valence electrons. The maximum atomic E-state index is 13.6. The number of aromatic carboxylic acids is 1. The molecular formula is C43H32F6N2O6S. The van der Waals surface area contributed by atoms with Crippen molar-refractivity contribution in [2.24, 2.45) is 0 Å². The van der Waals surface area contributed by atoms with E-state index in [1.165, 1.54) is 17.0 Å². The minimum absolute atomic E-state index is 0.0408. The van der Waals surface area contributed by atoms with E-state index in [1.807, 2.05) is 59.2 Å². The fourth-order valence-electron chi connectivity index (χ4n) is 6.30. The first-order chi connectivity index (χ1) is 27.6. The number of amides is 1. The fraction of sp³-hybridized carbons (Fsp3) is 0.163. The van der Waals surface area contributed by atoms with Gasteiger partial charge in [-0.25, -0.2) is 4.79 Å². The van der Waals surface area contributed by atoms with E-state index in [0.29, 0.717) is 41.3 Å². The molecule has 6 aromatic rings. The number of carboxylic acids is 1. The van der Waals surface area contributed by atoms with Gasteiger partial charge >= 0.3 is 18.3 Å². The van der Waals surface area contributed by atoms with Crippen LogP contribution in [0.3, 0.4) is 0 Å². The Kier molecular flexibility index (Phi) is 11.3. The van der Waals surface area contributed by atoms with Gasteiger partial charge in [0.2, 0.25) is 0 Å². The number of aliphatic hydroxyl groups excluding tert-OH is 1. The van der Waals surface area contributed by atoms with Crippen molar-refractivity contribution in [2.75, 3.05) is 0 Å². The zero-order valence-electron chi connectivity index (χ0n) is 30.1. The maximum Gasteiger partial charge on any atom is 0.416 e. The summed E-state index contributed by atoms with van der Waals surface area (Å²) in [4.78, 5) is 26.4. The molecule has 58 heavy (non-hydrogen) atoms. The third-order valence-electron chi connectivity index (χ3n) is 9.29. The number of carbonyl (C=O) groups is 2. The molecule has 0 bridgehead atoms. The number of thioether (sulfide) groups is 1. The van der Waals surface area contributed by atoms with Crippen LogP contribution in [0.4, 0.5) is 26.3 Å². The van der Waals surface area contributed by atoms with Crippen LogP contribution in [0, 0.1) is 0 Å². The number of benzene rings is 5. The minimum atomic E-state index is -5.00. The van der Waals surface area contributed by atoms with E-state index in [0.717, 1.165) is 33.8 Å². The summed E-state index contributed by atoms with van der Waals surface area (Å²) in [5.74, 6) is -1.47. The predicted octanol–water partition coefficient (Wildman–Crippen LogP) is 9.98. The van der Waals surface area contributed by atoms with Crippen LogP contribution in [-0.2, 0) is 43.5 Å². The predicted molar refractivity (Wildman–Crippen MR) is 205 cm³/mol. The molecule has 8 nitrogen and oxygen atoms in total. The zero-order chi connectivity index (χ0) is 41.2. The second-order valence-corrected chi connectivity index (χ2v) is 14.5. The summed E-state index contributed by atoms with van der Waals surface area (Å²) in [6.07, 6.45) is -8.33. The van der Waals surface area contributed by atoms with Crippen molar-refractivity contribution < 1.29 is 55.6 Å².